The lowest BCUT2D eigenvalue weighted by atomic mass is 10.1. The van der Waals surface area contributed by atoms with Crippen molar-refractivity contribution in [3.05, 3.63) is 48.5 Å². The lowest BCUT2D eigenvalue weighted by Crippen LogP contribution is -1.85. The van der Waals surface area contributed by atoms with Crippen LogP contribution in [-0.2, 0) is 0 Å². The Hall–Kier alpha value is -0.860. The Kier molecular flexibility index (Phi) is 5.21. The van der Waals surface area contributed by atoms with Gasteiger partial charge in [0.25, 0.3) is 0 Å². The van der Waals surface area contributed by atoms with Crippen molar-refractivity contribution in [1.29, 1.82) is 0 Å². The van der Waals surface area contributed by atoms with Crippen LogP contribution in [0.25, 0.3) is 11.1 Å². The summed E-state index contributed by atoms with van der Waals surface area (Å²) < 4.78 is 0. The largest absolute Gasteiger partial charge is 0.126 e. The van der Waals surface area contributed by atoms with Gasteiger partial charge in [0.15, 0.2) is 0 Å². The van der Waals surface area contributed by atoms with Crippen LogP contribution in [0.15, 0.2) is 58.3 Å². The number of hydrogen-bond acceptors (Lipinski definition) is 2. The molecule has 0 spiro atoms. The van der Waals surface area contributed by atoms with Crippen LogP contribution in [0.3, 0.4) is 0 Å². The Morgan fingerprint density at radius 2 is 1.56 bits per heavy atom. The molecule has 2 aromatic carbocycles. The maximum absolute atomic E-state index is 2.32. The summed E-state index contributed by atoms with van der Waals surface area (Å²) in [5, 5.41) is 0. The first-order chi connectivity index (χ1) is 8.85. The van der Waals surface area contributed by atoms with Crippen molar-refractivity contribution in [3.63, 3.8) is 0 Å². The third-order valence-electron chi connectivity index (χ3n) is 2.65. The molecule has 0 heterocycles. The van der Waals surface area contributed by atoms with Gasteiger partial charge in [0.2, 0.25) is 0 Å². The molecule has 0 radical (unpaired) electrons. The first-order valence-electron chi connectivity index (χ1n) is 6.30. The average Bonchev–Trinajstić information content (AvgIpc) is 2.42. The van der Waals surface area contributed by atoms with E-state index >= 15 is 0 Å². The second-order valence-corrected chi connectivity index (χ2v) is 6.53. The van der Waals surface area contributed by atoms with E-state index in [0.717, 1.165) is 11.5 Å². The lowest BCUT2D eigenvalue weighted by Gasteiger charge is -2.10. The molecular weight excluding hydrogens is 256 g/mol. The molecule has 2 aromatic rings. The molecule has 0 aliphatic rings. The number of hydrogen-bond donors (Lipinski definition) is 0. The molecule has 0 aliphatic heterocycles. The number of thioether (sulfide) groups is 2. The molecule has 0 nitrogen and oxygen atoms in total. The molecule has 2 heteroatoms. The Labute approximate surface area is 118 Å². The predicted molar refractivity (Wildman–Crippen MR) is 84.7 cm³/mol. The van der Waals surface area contributed by atoms with Gasteiger partial charge in [-0.15, -0.1) is 23.5 Å². The normalized spacial score (nSPS) is 10.6. The van der Waals surface area contributed by atoms with Gasteiger partial charge < -0.3 is 0 Å². The maximum atomic E-state index is 2.32. The molecule has 18 heavy (non-hydrogen) atoms. The summed E-state index contributed by atoms with van der Waals surface area (Å²) in [5.74, 6) is 2.23. The highest BCUT2D eigenvalue weighted by Crippen LogP contribution is 2.34. The average molecular weight is 274 g/mol. The zero-order chi connectivity index (χ0) is 12.8. The Morgan fingerprint density at radius 3 is 2.22 bits per heavy atom. The molecule has 0 unspecified atom stereocenters. The minimum atomic E-state index is 1.11. The summed E-state index contributed by atoms with van der Waals surface area (Å²) in [5.41, 5.74) is 2.67. The molecule has 2 rings (SSSR count). The van der Waals surface area contributed by atoms with E-state index in [2.05, 4.69) is 62.4 Å². The second-order valence-electron chi connectivity index (χ2n) is 3.89. The van der Waals surface area contributed by atoms with Gasteiger partial charge in [0.05, 0.1) is 0 Å². The fourth-order valence-corrected chi connectivity index (χ4v) is 3.40. The van der Waals surface area contributed by atoms with Crippen molar-refractivity contribution in [2.24, 2.45) is 0 Å². The van der Waals surface area contributed by atoms with Gasteiger partial charge in [-0.25, -0.2) is 0 Å². The van der Waals surface area contributed by atoms with E-state index in [4.69, 9.17) is 0 Å². The zero-order valence-electron chi connectivity index (χ0n) is 10.8. The molecule has 0 saturated carbocycles. The molecule has 0 amide bonds. The first kappa shape index (κ1) is 13.6. The van der Waals surface area contributed by atoms with Gasteiger partial charge in [-0.1, -0.05) is 44.2 Å². The van der Waals surface area contributed by atoms with Gasteiger partial charge in [-0.2, -0.15) is 0 Å². The number of benzene rings is 2. The minimum Gasteiger partial charge on any atom is -0.126 e. The molecule has 94 valence electrons. The highest BCUT2D eigenvalue weighted by atomic mass is 32.2. The zero-order valence-corrected chi connectivity index (χ0v) is 12.5. The standard InChI is InChI=1S/C16H18S2/c1-3-17-14-10-11-16(18-4-2)15(12-14)13-8-6-5-7-9-13/h5-12H,3-4H2,1-2H3. The second kappa shape index (κ2) is 6.91. The highest BCUT2D eigenvalue weighted by Gasteiger charge is 2.06. The van der Waals surface area contributed by atoms with E-state index in [1.165, 1.54) is 20.9 Å². The van der Waals surface area contributed by atoms with E-state index in [0.29, 0.717) is 0 Å². The van der Waals surface area contributed by atoms with Crippen LogP contribution in [0.5, 0.6) is 0 Å². The molecule has 0 aliphatic carbocycles. The van der Waals surface area contributed by atoms with Crippen molar-refractivity contribution >= 4 is 23.5 Å². The quantitative estimate of drug-likeness (QED) is 0.653. The smallest absolute Gasteiger partial charge is 0.0151 e. The van der Waals surface area contributed by atoms with Crippen LogP contribution >= 0.6 is 23.5 Å². The third-order valence-corrected chi connectivity index (χ3v) is 4.48. The molecule has 0 atom stereocenters. The van der Waals surface area contributed by atoms with E-state index in [1.54, 1.807) is 0 Å². The van der Waals surface area contributed by atoms with Gasteiger partial charge >= 0.3 is 0 Å². The van der Waals surface area contributed by atoms with Crippen molar-refractivity contribution in [2.75, 3.05) is 11.5 Å². The van der Waals surface area contributed by atoms with Crippen LogP contribution in [0.1, 0.15) is 13.8 Å². The summed E-state index contributed by atoms with van der Waals surface area (Å²) in [6.45, 7) is 4.40. The van der Waals surface area contributed by atoms with Crippen molar-refractivity contribution in [2.45, 2.75) is 23.6 Å². The topological polar surface area (TPSA) is 0 Å². The molecule has 0 saturated heterocycles. The fraction of sp³-hybridized carbons (Fsp3) is 0.250. The lowest BCUT2D eigenvalue weighted by molar-refractivity contribution is 1.33. The fourth-order valence-electron chi connectivity index (χ4n) is 1.89. The third kappa shape index (κ3) is 3.33. The monoisotopic (exact) mass is 274 g/mol. The minimum absolute atomic E-state index is 1.11. The van der Waals surface area contributed by atoms with Crippen molar-refractivity contribution < 1.29 is 0 Å². The van der Waals surface area contributed by atoms with Gasteiger partial charge in [-0.05, 0) is 40.8 Å². The SMILES string of the molecule is CCSc1ccc(SCC)c(-c2ccccc2)c1. The van der Waals surface area contributed by atoms with E-state index in [1.807, 2.05) is 23.5 Å². The first-order valence-corrected chi connectivity index (χ1v) is 8.27. The summed E-state index contributed by atoms with van der Waals surface area (Å²) in [6, 6.07) is 17.5. The number of rotatable bonds is 5. The van der Waals surface area contributed by atoms with Crippen LogP contribution in [-0.4, -0.2) is 11.5 Å². The van der Waals surface area contributed by atoms with Crippen LogP contribution in [0.2, 0.25) is 0 Å². The van der Waals surface area contributed by atoms with Gasteiger partial charge in [0.1, 0.15) is 0 Å². The van der Waals surface area contributed by atoms with Crippen LogP contribution in [0, 0.1) is 0 Å². The molecule has 0 N–H and O–H groups in total. The summed E-state index contributed by atoms with van der Waals surface area (Å²) in [4.78, 5) is 2.74. The van der Waals surface area contributed by atoms with Crippen molar-refractivity contribution in [1.82, 2.24) is 0 Å². The molecule has 0 aromatic heterocycles. The summed E-state index contributed by atoms with van der Waals surface area (Å²) in [6.07, 6.45) is 0. The van der Waals surface area contributed by atoms with Crippen LogP contribution in [0.4, 0.5) is 0 Å². The van der Waals surface area contributed by atoms with Crippen molar-refractivity contribution in [3.8, 4) is 11.1 Å². The summed E-state index contributed by atoms with van der Waals surface area (Å²) in [7, 11) is 0. The Morgan fingerprint density at radius 1 is 0.833 bits per heavy atom. The summed E-state index contributed by atoms with van der Waals surface area (Å²) >= 11 is 3.82. The van der Waals surface area contributed by atoms with E-state index < -0.39 is 0 Å². The van der Waals surface area contributed by atoms with E-state index in [9.17, 15) is 0 Å². The Bertz CT molecular complexity index is 492. The van der Waals surface area contributed by atoms with Crippen LogP contribution < -0.4 is 0 Å². The highest BCUT2D eigenvalue weighted by molar-refractivity contribution is 7.99. The van der Waals surface area contributed by atoms with Gasteiger partial charge in [0, 0.05) is 9.79 Å². The maximum Gasteiger partial charge on any atom is 0.0151 e. The Balaban J connectivity index is 2.43. The molecule has 0 bridgehead atoms. The molecular formula is C16H18S2. The predicted octanol–water partition coefficient (Wildman–Crippen LogP) is 5.58. The van der Waals surface area contributed by atoms with E-state index in [-0.39, 0.29) is 0 Å². The molecule has 0 fully saturated rings. The van der Waals surface area contributed by atoms with Gasteiger partial charge in [-0.3, -0.25) is 0 Å².